The smallest absolute Gasteiger partial charge is 0.0302 e. The van der Waals surface area contributed by atoms with E-state index in [4.69, 9.17) is 0 Å². The molecule has 0 aliphatic heterocycles. The zero-order chi connectivity index (χ0) is 13.1. The minimum absolute atomic E-state index is 1.06. The van der Waals surface area contributed by atoms with E-state index in [2.05, 4.69) is 30.6 Å². The maximum atomic E-state index is 3.55. The zero-order valence-corrected chi connectivity index (χ0v) is 13.0. The van der Waals surface area contributed by atoms with E-state index in [0.29, 0.717) is 0 Å². The highest BCUT2D eigenvalue weighted by atomic mass is 32.1. The molecule has 0 bridgehead atoms. The standard InChI is InChI=1S/C16H29NS/c1-3-4-5-6-7-8-9-10-12-17-14-16-15(2)11-13-18-16/h11,13,17H,3-10,12,14H2,1-2H3. The summed E-state index contributed by atoms with van der Waals surface area (Å²) in [6, 6.07) is 2.21. The summed E-state index contributed by atoms with van der Waals surface area (Å²) >= 11 is 1.87. The topological polar surface area (TPSA) is 12.0 Å². The van der Waals surface area contributed by atoms with Crippen molar-refractivity contribution in [2.24, 2.45) is 0 Å². The van der Waals surface area contributed by atoms with Crippen molar-refractivity contribution in [1.82, 2.24) is 5.32 Å². The van der Waals surface area contributed by atoms with Gasteiger partial charge in [0.1, 0.15) is 0 Å². The predicted octanol–water partition coefficient (Wildman–Crippen LogP) is 5.29. The summed E-state index contributed by atoms with van der Waals surface area (Å²) in [5.41, 5.74) is 1.43. The van der Waals surface area contributed by atoms with Crippen LogP contribution in [0.3, 0.4) is 0 Å². The lowest BCUT2D eigenvalue weighted by Gasteiger charge is -2.04. The Morgan fingerprint density at radius 2 is 1.67 bits per heavy atom. The Labute approximate surface area is 117 Å². The molecule has 0 aromatic carbocycles. The van der Waals surface area contributed by atoms with Crippen LogP contribution >= 0.6 is 11.3 Å². The molecule has 1 nitrogen and oxygen atoms in total. The van der Waals surface area contributed by atoms with Gasteiger partial charge in [0.25, 0.3) is 0 Å². The fourth-order valence-corrected chi connectivity index (χ4v) is 3.05. The molecule has 2 heteroatoms. The third-order valence-electron chi connectivity index (χ3n) is 3.46. The van der Waals surface area contributed by atoms with Crippen molar-refractivity contribution in [1.29, 1.82) is 0 Å². The molecule has 1 rings (SSSR count). The Morgan fingerprint density at radius 3 is 2.28 bits per heavy atom. The van der Waals surface area contributed by atoms with Gasteiger partial charge in [-0.3, -0.25) is 0 Å². The van der Waals surface area contributed by atoms with Crippen molar-refractivity contribution in [3.8, 4) is 0 Å². The molecular formula is C16H29NS. The Balaban J connectivity index is 1.83. The highest BCUT2D eigenvalue weighted by molar-refractivity contribution is 7.10. The summed E-state index contributed by atoms with van der Waals surface area (Å²) in [6.45, 7) is 6.71. The Morgan fingerprint density at radius 1 is 1.00 bits per heavy atom. The van der Waals surface area contributed by atoms with E-state index in [1.54, 1.807) is 0 Å². The first-order valence-corrected chi connectivity index (χ1v) is 8.46. The van der Waals surface area contributed by atoms with E-state index >= 15 is 0 Å². The number of unbranched alkanes of at least 4 members (excludes halogenated alkanes) is 7. The SMILES string of the molecule is CCCCCCCCCCNCc1sccc1C. The van der Waals surface area contributed by atoms with Gasteiger partial charge in [0.15, 0.2) is 0 Å². The van der Waals surface area contributed by atoms with Crippen molar-refractivity contribution in [3.63, 3.8) is 0 Å². The molecule has 0 radical (unpaired) electrons. The highest BCUT2D eigenvalue weighted by Crippen LogP contribution is 2.14. The van der Waals surface area contributed by atoms with E-state index in [-0.39, 0.29) is 0 Å². The third kappa shape index (κ3) is 7.17. The Bertz CT molecular complexity index is 293. The van der Waals surface area contributed by atoms with Gasteiger partial charge in [0, 0.05) is 11.4 Å². The first-order chi connectivity index (χ1) is 8.84. The molecule has 18 heavy (non-hydrogen) atoms. The molecule has 0 aliphatic rings. The van der Waals surface area contributed by atoms with Crippen LogP contribution in [0.25, 0.3) is 0 Å². The number of aryl methyl sites for hydroxylation is 1. The minimum atomic E-state index is 1.06. The van der Waals surface area contributed by atoms with Crippen LogP contribution in [0.1, 0.15) is 68.7 Å². The average molecular weight is 267 g/mol. The molecule has 0 fully saturated rings. The van der Waals surface area contributed by atoms with E-state index in [0.717, 1.165) is 6.54 Å². The van der Waals surface area contributed by atoms with Gasteiger partial charge < -0.3 is 5.32 Å². The van der Waals surface area contributed by atoms with Crippen molar-refractivity contribution in [3.05, 3.63) is 21.9 Å². The fourth-order valence-electron chi connectivity index (χ4n) is 2.17. The molecule has 0 atom stereocenters. The van der Waals surface area contributed by atoms with Gasteiger partial charge in [-0.2, -0.15) is 0 Å². The first kappa shape index (κ1) is 15.7. The fraction of sp³-hybridized carbons (Fsp3) is 0.750. The van der Waals surface area contributed by atoms with Crippen LogP contribution in [0, 0.1) is 6.92 Å². The molecule has 0 aliphatic carbocycles. The van der Waals surface area contributed by atoms with Crippen LogP contribution in [0.2, 0.25) is 0 Å². The lowest BCUT2D eigenvalue weighted by atomic mass is 10.1. The molecular weight excluding hydrogens is 238 g/mol. The van der Waals surface area contributed by atoms with Crippen LogP contribution < -0.4 is 5.32 Å². The van der Waals surface area contributed by atoms with Crippen molar-refractivity contribution >= 4 is 11.3 Å². The third-order valence-corrected chi connectivity index (χ3v) is 4.48. The molecule has 1 heterocycles. The predicted molar refractivity (Wildman–Crippen MR) is 83.4 cm³/mol. The Hall–Kier alpha value is -0.340. The second-order valence-electron chi connectivity index (χ2n) is 5.18. The molecule has 0 saturated carbocycles. The molecule has 104 valence electrons. The zero-order valence-electron chi connectivity index (χ0n) is 12.1. The lowest BCUT2D eigenvalue weighted by Crippen LogP contribution is -2.14. The second-order valence-corrected chi connectivity index (χ2v) is 6.18. The number of hydrogen-bond donors (Lipinski definition) is 1. The van der Waals surface area contributed by atoms with Gasteiger partial charge in [-0.15, -0.1) is 11.3 Å². The van der Waals surface area contributed by atoms with Crippen molar-refractivity contribution in [2.45, 2.75) is 71.8 Å². The molecule has 0 spiro atoms. The average Bonchev–Trinajstić information content (AvgIpc) is 2.77. The largest absolute Gasteiger partial charge is 0.312 e. The molecule has 0 saturated heterocycles. The second kappa shape index (κ2) is 10.6. The number of hydrogen-bond acceptors (Lipinski definition) is 2. The van der Waals surface area contributed by atoms with Crippen LogP contribution in [-0.4, -0.2) is 6.54 Å². The maximum Gasteiger partial charge on any atom is 0.0302 e. The van der Waals surface area contributed by atoms with Gasteiger partial charge in [-0.1, -0.05) is 51.9 Å². The summed E-state index contributed by atoms with van der Waals surface area (Å²) < 4.78 is 0. The summed E-state index contributed by atoms with van der Waals surface area (Å²) in [7, 11) is 0. The van der Waals surface area contributed by atoms with Gasteiger partial charge in [-0.05, 0) is 36.9 Å². The van der Waals surface area contributed by atoms with Crippen LogP contribution in [0.4, 0.5) is 0 Å². The van der Waals surface area contributed by atoms with E-state index in [1.807, 2.05) is 11.3 Å². The highest BCUT2D eigenvalue weighted by Gasteiger charge is 1.98. The summed E-state index contributed by atoms with van der Waals surface area (Å²) in [4.78, 5) is 1.49. The summed E-state index contributed by atoms with van der Waals surface area (Å²) in [5, 5.41) is 5.73. The van der Waals surface area contributed by atoms with Crippen LogP contribution in [0.15, 0.2) is 11.4 Å². The van der Waals surface area contributed by atoms with Gasteiger partial charge in [0.2, 0.25) is 0 Å². The number of rotatable bonds is 11. The molecule has 1 aromatic heterocycles. The molecule has 0 amide bonds. The molecule has 1 aromatic rings. The maximum absolute atomic E-state index is 3.55. The van der Waals surface area contributed by atoms with Crippen LogP contribution in [-0.2, 0) is 6.54 Å². The van der Waals surface area contributed by atoms with Gasteiger partial charge in [0.05, 0.1) is 0 Å². The first-order valence-electron chi connectivity index (χ1n) is 7.58. The number of nitrogens with one attached hydrogen (secondary N) is 1. The van der Waals surface area contributed by atoms with Crippen molar-refractivity contribution in [2.75, 3.05) is 6.54 Å². The van der Waals surface area contributed by atoms with Crippen molar-refractivity contribution < 1.29 is 0 Å². The lowest BCUT2D eigenvalue weighted by molar-refractivity contribution is 0.556. The molecule has 1 N–H and O–H groups in total. The van der Waals surface area contributed by atoms with Crippen LogP contribution in [0.5, 0.6) is 0 Å². The van der Waals surface area contributed by atoms with E-state index in [9.17, 15) is 0 Å². The van der Waals surface area contributed by atoms with Gasteiger partial charge in [-0.25, -0.2) is 0 Å². The quantitative estimate of drug-likeness (QED) is 0.537. The minimum Gasteiger partial charge on any atom is -0.312 e. The Kier molecular flexibility index (Phi) is 9.23. The summed E-state index contributed by atoms with van der Waals surface area (Å²) in [6.07, 6.45) is 11.2. The van der Waals surface area contributed by atoms with E-state index < -0.39 is 0 Å². The van der Waals surface area contributed by atoms with Gasteiger partial charge >= 0.3 is 0 Å². The van der Waals surface area contributed by atoms with E-state index in [1.165, 1.54) is 68.4 Å². The summed E-state index contributed by atoms with van der Waals surface area (Å²) in [5.74, 6) is 0. The normalized spacial score (nSPS) is 11.0. The monoisotopic (exact) mass is 267 g/mol. The molecule has 0 unspecified atom stereocenters. The number of thiophene rings is 1.